The summed E-state index contributed by atoms with van der Waals surface area (Å²) in [5.41, 5.74) is 5.90. The number of nitrogens with zero attached hydrogens (tertiary/aromatic N) is 2. The second-order valence-electron chi connectivity index (χ2n) is 5.41. The highest BCUT2D eigenvalue weighted by molar-refractivity contribution is 5.81. The van der Waals surface area contributed by atoms with Gasteiger partial charge in [0.15, 0.2) is 0 Å². The van der Waals surface area contributed by atoms with Crippen LogP contribution in [0.1, 0.15) is 33.6 Å². The lowest BCUT2D eigenvalue weighted by atomic mass is 10.0. The molecule has 1 amide bonds. The summed E-state index contributed by atoms with van der Waals surface area (Å²) >= 11 is 0. The SMILES string of the molecule is CCN1CCCC1CN(C)C(=O)[C@H](N)C(C)C. The molecule has 17 heavy (non-hydrogen) atoms. The highest BCUT2D eigenvalue weighted by atomic mass is 16.2. The number of hydrogen-bond donors (Lipinski definition) is 1. The number of amides is 1. The zero-order valence-corrected chi connectivity index (χ0v) is 11.6. The van der Waals surface area contributed by atoms with Gasteiger partial charge in [0.1, 0.15) is 0 Å². The lowest BCUT2D eigenvalue weighted by molar-refractivity contribution is -0.132. The summed E-state index contributed by atoms with van der Waals surface area (Å²) in [5, 5.41) is 0. The Balaban J connectivity index is 2.48. The van der Waals surface area contributed by atoms with Crippen molar-refractivity contribution in [1.29, 1.82) is 0 Å². The van der Waals surface area contributed by atoms with Crippen molar-refractivity contribution < 1.29 is 4.79 Å². The third-order valence-corrected chi connectivity index (χ3v) is 3.77. The van der Waals surface area contributed by atoms with E-state index in [-0.39, 0.29) is 17.9 Å². The van der Waals surface area contributed by atoms with Crippen molar-refractivity contribution in [3.63, 3.8) is 0 Å². The van der Waals surface area contributed by atoms with Crippen LogP contribution in [0, 0.1) is 5.92 Å². The van der Waals surface area contributed by atoms with Crippen LogP contribution in [-0.2, 0) is 4.79 Å². The molecule has 4 heteroatoms. The van der Waals surface area contributed by atoms with Crippen molar-refractivity contribution >= 4 is 5.91 Å². The number of likely N-dealkylation sites (tertiary alicyclic amines) is 1. The predicted octanol–water partition coefficient (Wildman–Crippen LogP) is 0.912. The fourth-order valence-electron chi connectivity index (χ4n) is 2.46. The first-order chi connectivity index (χ1) is 7.97. The van der Waals surface area contributed by atoms with E-state index >= 15 is 0 Å². The summed E-state index contributed by atoms with van der Waals surface area (Å²) in [7, 11) is 1.87. The van der Waals surface area contributed by atoms with Crippen LogP contribution in [0.4, 0.5) is 0 Å². The Morgan fingerprint density at radius 3 is 2.71 bits per heavy atom. The minimum absolute atomic E-state index is 0.0722. The van der Waals surface area contributed by atoms with E-state index in [2.05, 4.69) is 11.8 Å². The topological polar surface area (TPSA) is 49.6 Å². The van der Waals surface area contributed by atoms with Crippen molar-refractivity contribution in [2.75, 3.05) is 26.7 Å². The Morgan fingerprint density at radius 1 is 1.53 bits per heavy atom. The van der Waals surface area contributed by atoms with E-state index in [1.165, 1.54) is 19.4 Å². The molecule has 2 N–H and O–H groups in total. The maximum Gasteiger partial charge on any atom is 0.239 e. The van der Waals surface area contributed by atoms with Crippen LogP contribution in [-0.4, -0.2) is 54.5 Å². The van der Waals surface area contributed by atoms with Gasteiger partial charge in [-0.3, -0.25) is 9.69 Å². The van der Waals surface area contributed by atoms with Gasteiger partial charge in [-0.05, 0) is 31.8 Å². The molecule has 4 nitrogen and oxygen atoms in total. The van der Waals surface area contributed by atoms with Gasteiger partial charge in [-0.1, -0.05) is 20.8 Å². The molecule has 1 saturated heterocycles. The van der Waals surface area contributed by atoms with Gasteiger partial charge in [0.25, 0.3) is 0 Å². The standard InChI is InChI=1S/C13H27N3O/c1-5-16-8-6-7-11(16)9-15(4)13(17)12(14)10(2)3/h10-12H,5-9,14H2,1-4H3/t11?,12-/m1/s1. The molecule has 0 spiro atoms. The lowest BCUT2D eigenvalue weighted by Gasteiger charge is -2.30. The Bertz CT molecular complexity index is 255. The van der Waals surface area contributed by atoms with Crippen LogP contribution in [0.3, 0.4) is 0 Å². The average Bonchev–Trinajstić information content (AvgIpc) is 2.73. The lowest BCUT2D eigenvalue weighted by Crippen LogP contribution is -2.48. The first-order valence-corrected chi connectivity index (χ1v) is 6.72. The molecule has 100 valence electrons. The maximum atomic E-state index is 12.0. The molecular formula is C13H27N3O. The van der Waals surface area contributed by atoms with E-state index in [0.717, 1.165) is 13.1 Å². The molecule has 0 saturated carbocycles. The summed E-state index contributed by atoms with van der Waals surface area (Å²) in [6.07, 6.45) is 2.44. The van der Waals surface area contributed by atoms with Crippen molar-refractivity contribution in [3.05, 3.63) is 0 Å². The molecule has 1 aliphatic heterocycles. The third-order valence-electron chi connectivity index (χ3n) is 3.77. The number of rotatable bonds is 5. The molecule has 1 fully saturated rings. The second kappa shape index (κ2) is 6.36. The van der Waals surface area contributed by atoms with Crippen LogP contribution in [0.15, 0.2) is 0 Å². The second-order valence-corrected chi connectivity index (χ2v) is 5.41. The van der Waals surface area contributed by atoms with Gasteiger partial charge >= 0.3 is 0 Å². The average molecular weight is 241 g/mol. The molecule has 2 atom stereocenters. The molecule has 1 aliphatic rings. The van der Waals surface area contributed by atoms with Crippen LogP contribution in [0.25, 0.3) is 0 Å². The molecule has 1 heterocycles. The smallest absolute Gasteiger partial charge is 0.239 e. The van der Waals surface area contributed by atoms with Gasteiger partial charge in [-0.2, -0.15) is 0 Å². The van der Waals surface area contributed by atoms with Crippen molar-refractivity contribution in [3.8, 4) is 0 Å². The molecule has 0 bridgehead atoms. The van der Waals surface area contributed by atoms with E-state index in [1.54, 1.807) is 0 Å². The van der Waals surface area contributed by atoms with Gasteiger partial charge in [0.2, 0.25) is 5.91 Å². The Hall–Kier alpha value is -0.610. The number of carbonyl (C=O) groups is 1. The van der Waals surface area contributed by atoms with Crippen LogP contribution in [0.2, 0.25) is 0 Å². The summed E-state index contributed by atoms with van der Waals surface area (Å²) in [4.78, 5) is 16.3. The first kappa shape index (κ1) is 14.5. The zero-order chi connectivity index (χ0) is 13.0. The Kier molecular flexibility index (Phi) is 5.40. The quantitative estimate of drug-likeness (QED) is 0.778. The first-order valence-electron chi connectivity index (χ1n) is 6.72. The number of likely N-dealkylation sites (N-methyl/N-ethyl adjacent to an activating group) is 2. The van der Waals surface area contributed by atoms with Crippen molar-refractivity contribution in [1.82, 2.24) is 9.80 Å². The minimum Gasteiger partial charge on any atom is -0.343 e. The fraction of sp³-hybridized carbons (Fsp3) is 0.923. The Morgan fingerprint density at radius 2 is 2.18 bits per heavy atom. The van der Waals surface area contributed by atoms with E-state index in [9.17, 15) is 4.79 Å². The van der Waals surface area contributed by atoms with Crippen molar-refractivity contribution in [2.45, 2.75) is 45.7 Å². The van der Waals surface area contributed by atoms with Crippen LogP contribution >= 0.6 is 0 Å². The molecule has 0 aromatic heterocycles. The summed E-state index contributed by atoms with van der Waals surface area (Å²) in [6.45, 7) is 9.21. The highest BCUT2D eigenvalue weighted by Gasteiger charge is 2.27. The minimum atomic E-state index is -0.364. The molecule has 0 aromatic rings. The van der Waals surface area contributed by atoms with Gasteiger partial charge in [0.05, 0.1) is 6.04 Å². The van der Waals surface area contributed by atoms with Crippen LogP contribution in [0.5, 0.6) is 0 Å². The van der Waals surface area contributed by atoms with Gasteiger partial charge in [0, 0.05) is 19.6 Å². The molecule has 0 radical (unpaired) electrons. The third kappa shape index (κ3) is 3.68. The van der Waals surface area contributed by atoms with Gasteiger partial charge in [-0.25, -0.2) is 0 Å². The molecule has 1 rings (SSSR count). The van der Waals surface area contributed by atoms with Crippen LogP contribution < -0.4 is 5.73 Å². The largest absolute Gasteiger partial charge is 0.343 e. The summed E-state index contributed by atoms with van der Waals surface area (Å²) in [6, 6.07) is 0.157. The number of nitrogens with two attached hydrogens (primary N) is 1. The maximum absolute atomic E-state index is 12.0. The molecule has 0 aromatic carbocycles. The van der Waals surface area contributed by atoms with Gasteiger partial charge < -0.3 is 10.6 Å². The highest BCUT2D eigenvalue weighted by Crippen LogP contribution is 2.17. The summed E-state index contributed by atoms with van der Waals surface area (Å²) < 4.78 is 0. The molecular weight excluding hydrogens is 214 g/mol. The number of carbonyl (C=O) groups excluding carboxylic acids is 1. The molecule has 1 unspecified atom stereocenters. The Labute approximate surface area is 105 Å². The van der Waals surface area contributed by atoms with Crippen molar-refractivity contribution in [2.24, 2.45) is 11.7 Å². The van der Waals surface area contributed by atoms with E-state index in [4.69, 9.17) is 5.73 Å². The summed E-state index contributed by atoms with van der Waals surface area (Å²) in [5.74, 6) is 0.277. The van der Waals surface area contributed by atoms with E-state index in [1.807, 2.05) is 25.8 Å². The van der Waals surface area contributed by atoms with E-state index in [0.29, 0.717) is 6.04 Å². The predicted molar refractivity (Wildman–Crippen MR) is 70.7 cm³/mol. The van der Waals surface area contributed by atoms with Gasteiger partial charge in [-0.15, -0.1) is 0 Å². The zero-order valence-electron chi connectivity index (χ0n) is 11.6. The molecule has 0 aliphatic carbocycles. The fourth-order valence-corrected chi connectivity index (χ4v) is 2.46. The number of hydrogen-bond acceptors (Lipinski definition) is 3. The van der Waals surface area contributed by atoms with E-state index < -0.39 is 0 Å². The monoisotopic (exact) mass is 241 g/mol. The normalized spacial score (nSPS) is 23.1.